The molecule has 4 amide bonds. The average molecular weight is 462 g/mol. The molecule has 2 fully saturated rings. The maximum absolute atomic E-state index is 13.3. The van der Waals surface area contributed by atoms with Gasteiger partial charge in [-0.05, 0) is 54.2 Å². The van der Waals surface area contributed by atoms with Crippen LogP contribution in [0.25, 0.3) is 0 Å². The molecule has 0 aromatic heterocycles. The molecule has 6 heteroatoms. The standard InChI is InChI=1S/C28H35N3O3/c1-27(2,3)22-10-12-23(13-11-22)28(4)25(33)31(26(34)29-28)19-24(32)30-16-14-21(15-17-30)18-20-8-6-5-7-9-20/h5-13,21H,14-19H2,1-4H3,(H,29,34)/t28-/m1/s1. The Hall–Kier alpha value is -3.15. The summed E-state index contributed by atoms with van der Waals surface area (Å²) >= 11 is 0. The van der Waals surface area contributed by atoms with Gasteiger partial charge in [0.1, 0.15) is 12.1 Å². The maximum atomic E-state index is 13.3. The number of imide groups is 1. The van der Waals surface area contributed by atoms with Crippen LogP contribution in [0.4, 0.5) is 4.79 Å². The summed E-state index contributed by atoms with van der Waals surface area (Å²) in [6, 6.07) is 17.7. The van der Waals surface area contributed by atoms with E-state index in [1.165, 1.54) is 5.56 Å². The van der Waals surface area contributed by atoms with Crippen LogP contribution in [0.3, 0.4) is 0 Å². The van der Waals surface area contributed by atoms with E-state index in [9.17, 15) is 14.4 Å². The fraction of sp³-hybridized carbons (Fsp3) is 0.464. The smallest absolute Gasteiger partial charge is 0.325 e. The van der Waals surface area contributed by atoms with Crippen LogP contribution in [0.5, 0.6) is 0 Å². The van der Waals surface area contributed by atoms with Gasteiger partial charge in [0.2, 0.25) is 5.91 Å². The molecule has 4 rings (SSSR count). The zero-order valence-electron chi connectivity index (χ0n) is 20.6. The van der Waals surface area contributed by atoms with Crippen LogP contribution < -0.4 is 5.32 Å². The molecule has 0 unspecified atom stereocenters. The molecule has 2 saturated heterocycles. The average Bonchev–Trinajstić information content (AvgIpc) is 3.03. The van der Waals surface area contributed by atoms with Gasteiger partial charge in [0.05, 0.1) is 0 Å². The third-order valence-electron chi connectivity index (χ3n) is 7.23. The first-order valence-corrected chi connectivity index (χ1v) is 12.1. The molecule has 2 aromatic rings. The minimum absolute atomic E-state index is 0.00459. The summed E-state index contributed by atoms with van der Waals surface area (Å²) in [6.45, 7) is 9.19. The number of likely N-dealkylation sites (tertiary alicyclic amines) is 1. The molecule has 6 nitrogen and oxygen atoms in total. The van der Waals surface area contributed by atoms with E-state index in [-0.39, 0.29) is 23.8 Å². The lowest BCUT2D eigenvalue weighted by Crippen LogP contribution is -2.46. The third-order valence-corrected chi connectivity index (χ3v) is 7.23. The van der Waals surface area contributed by atoms with Gasteiger partial charge in [-0.15, -0.1) is 0 Å². The second-order valence-corrected chi connectivity index (χ2v) is 10.8. The molecule has 0 bridgehead atoms. The lowest BCUT2D eigenvalue weighted by atomic mass is 9.84. The van der Waals surface area contributed by atoms with Gasteiger partial charge in [0.25, 0.3) is 5.91 Å². The number of carbonyl (C=O) groups is 3. The molecule has 0 radical (unpaired) electrons. The first-order valence-electron chi connectivity index (χ1n) is 12.1. The summed E-state index contributed by atoms with van der Waals surface area (Å²) in [7, 11) is 0. The van der Waals surface area contributed by atoms with Crippen molar-refractivity contribution in [1.82, 2.24) is 15.1 Å². The van der Waals surface area contributed by atoms with Crippen LogP contribution in [-0.2, 0) is 27.0 Å². The normalized spacial score (nSPS) is 21.6. The number of piperidine rings is 1. The summed E-state index contributed by atoms with van der Waals surface area (Å²) in [5, 5.41) is 2.81. The minimum Gasteiger partial charge on any atom is -0.341 e. The van der Waals surface area contributed by atoms with E-state index in [1.807, 2.05) is 30.3 Å². The Labute approximate surface area is 202 Å². The van der Waals surface area contributed by atoms with E-state index in [1.54, 1.807) is 11.8 Å². The predicted molar refractivity (Wildman–Crippen MR) is 132 cm³/mol. The number of amides is 4. The van der Waals surface area contributed by atoms with Gasteiger partial charge in [-0.25, -0.2) is 4.79 Å². The topological polar surface area (TPSA) is 69.7 Å². The molecule has 180 valence electrons. The van der Waals surface area contributed by atoms with Crippen molar-refractivity contribution in [3.63, 3.8) is 0 Å². The van der Waals surface area contributed by atoms with Crippen LogP contribution in [0.15, 0.2) is 54.6 Å². The highest BCUT2D eigenvalue weighted by atomic mass is 16.2. The minimum atomic E-state index is -1.17. The van der Waals surface area contributed by atoms with Crippen LogP contribution in [0, 0.1) is 5.92 Å². The van der Waals surface area contributed by atoms with Gasteiger partial charge in [-0.2, -0.15) is 0 Å². The van der Waals surface area contributed by atoms with Crippen molar-refractivity contribution in [2.75, 3.05) is 19.6 Å². The quantitative estimate of drug-likeness (QED) is 0.678. The first kappa shape index (κ1) is 24.0. The highest BCUT2D eigenvalue weighted by Crippen LogP contribution is 2.31. The fourth-order valence-corrected chi connectivity index (χ4v) is 4.91. The number of rotatable bonds is 5. The van der Waals surface area contributed by atoms with E-state index in [4.69, 9.17) is 0 Å². The number of hydrogen-bond acceptors (Lipinski definition) is 3. The number of benzene rings is 2. The predicted octanol–water partition coefficient (Wildman–Crippen LogP) is 4.23. The van der Waals surface area contributed by atoms with Gasteiger partial charge < -0.3 is 10.2 Å². The van der Waals surface area contributed by atoms with Crippen LogP contribution in [0.2, 0.25) is 0 Å². The lowest BCUT2D eigenvalue weighted by Gasteiger charge is -2.33. The SMILES string of the molecule is CC(C)(C)c1ccc([C@@]2(C)NC(=O)N(CC(=O)N3CCC(Cc4ccccc4)CC3)C2=O)cc1. The highest BCUT2D eigenvalue weighted by molar-refractivity contribution is 6.09. The highest BCUT2D eigenvalue weighted by Gasteiger charge is 2.49. The zero-order valence-corrected chi connectivity index (χ0v) is 20.6. The van der Waals surface area contributed by atoms with Crippen molar-refractivity contribution in [3.8, 4) is 0 Å². The van der Waals surface area contributed by atoms with Crippen LogP contribution in [-0.4, -0.2) is 47.3 Å². The first-order chi connectivity index (χ1) is 16.1. The molecule has 1 N–H and O–H groups in total. The van der Waals surface area contributed by atoms with Crippen molar-refractivity contribution >= 4 is 17.8 Å². The summed E-state index contributed by atoms with van der Waals surface area (Å²) in [5.74, 6) is -0.00940. The van der Waals surface area contributed by atoms with Gasteiger partial charge in [-0.1, -0.05) is 75.4 Å². The summed E-state index contributed by atoms with van der Waals surface area (Å²) in [4.78, 5) is 41.8. The van der Waals surface area contributed by atoms with E-state index < -0.39 is 11.6 Å². The van der Waals surface area contributed by atoms with Gasteiger partial charge in [0.15, 0.2) is 0 Å². The molecule has 2 aromatic carbocycles. The fourth-order valence-electron chi connectivity index (χ4n) is 4.91. The Morgan fingerprint density at radius 3 is 2.21 bits per heavy atom. The van der Waals surface area contributed by atoms with Crippen molar-refractivity contribution in [3.05, 3.63) is 71.3 Å². The Bertz CT molecular complexity index is 1050. The van der Waals surface area contributed by atoms with E-state index in [2.05, 4.69) is 50.4 Å². The second-order valence-electron chi connectivity index (χ2n) is 10.8. The molecule has 2 heterocycles. The van der Waals surface area contributed by atoms with Crippen molar-refractivity contribution in [2.45, 2.75) is 57.9 Å². The summed E-state index contributed by atoms with van der Waals surface area (Å²) < 4.78 is 0. The lowest BCUT2D eigenvalue weighted by molar-refractivity contribution is -0.139. The molecule has 34 heavy (non-hydrogen) atoms. The Morgan fingerprint density at radius 1 is 1.00 bits per heavy atom. The summed E-state index contributed by atoms with van der Waals surface area (Å²) in [6.07, 6.45) is 2.87. The molecule has 1 atom stereocenters. The van der Waals surface area contributed by atoms with Crippen LogP contribution >= 0.6 is 0 Å². The number of urea groups is 1. The van der Waals surface area contributed by atoms with Crippen molar-refractivity contribution in [1.29, 1.82) is 0 Å². The van der Waals surface area contributed by atoms with E-state index in [0.29, 0.717) is 19.0 Å². The Balaban J connectivity index is 1.36. The van der Waals surface area contributed by atoms with Crippen molar-refractivity contribution in [2.24, 2.45) is 5.92 Å². The molecule has 0 aliphatic carbocycles. The number of nitrogens with zero attached hydrogens (tertiary/aromatic N) is 2. The van der Waals surface area contributed by atoms with Gasteiger partial charge in [0, 0.05) is 13.1 Å². The molecular formula is C28H35N3O3. The molecule has 2 aliphatic heterocycles. The third kappa shape index (κ3) is 4.86. The number of nitrogens with one attached hydrogen (secondary N) is 1. The number of carbonyl (C=O) groups excluding carboxylic acids is 3. The van der Waals surface area contributed by atoms with Gasteiger partial charge in [-0.3, -0.25) is 14.5 Å². The van der Waals surface area contributed by atoms with Gasteiger partial charge >= 0.3 is 6.03 Å². The van der Waals surface area contributed by atoms with E-state index >= 15 is 0 Å². The second kappa shape index (κ2) is 9.24. The van der Waals surface area contributed by atoms with Crippen molar-refractivity contribution < 1.29 is 14.4 Å². The Morgan fingerprint density at radius 2 is 1.62 bits per heavy atom. The molecule has 2 aliphatic rings. The molecule has 0 saturated carbocycles. The molecular weight excluding hydrogens is 426 g/mol. The van der Waals surface area contributed by atoms with E-state index in [0.717, 1.165) is 35.3 Å². The van der Waals surface area contributed by atoms with Crippen LogP contribution in [0.1, 0.15) is 57.2 Å². The summed E-state index contributed by atoms with van der Waals surface area (Å²) in [5.41, 5.74) is 2.02. The largest absolute Gasteiger partial charge is 0.341 e. The Kier molecular flexibility index (Phi) is 6.52. The molecule has 0 spiro atoms. The monoisotopic (exact) mass is 461 g/mol. The zero-order chi connectivity index (χ0) is 24.5. The number of hydrogen-bond donors (Lipinski definition) is 1. The maximum Gasteiger partial charge on any atom is 0.325 e.